The number of hydrogen-bond acceptors (Lipinski definition) is 4. The highest BCUT2D eigenvalue weighted by molar-refractivity contribution is 6.34. The van der Waals surface area contributed by atoms with Gasteiger partial charge in [0.05, 0.1) is 11.3 Å². The van der Waals surface area contributed by atoms with Crippen molar-refractivity contribution < 1.29 is 27.9 Å². The highest BCUT2D eigenvalue weighted by atomic mass is 35.5. The van der Waals surface area contributed by atoms with Gasteiger partial charge in [-0.25, -0.2) is 4.79 Å². The third kappa shape index (κ3) is 4.00. The molecule has 3 rings (SSSR count). The van der Waals surface area contributed by atoms with Crippen LogP contribution >= 0.6 is 23.2 Å². The summed E-state index contributed by atoms with van der Waals surface area (Å²) in [6.07, 6.45) is -4.00. The number of alkyl halides is 3. The first-order chi connectivity index (χ1) is 13.7. The zero-order valence-corrected chi connectivity index (χ0v) is 17.3. The van der Waals surface area contributed by atoms with Gasteiger partial charge in [0.2, 0.25) is 5.60 Å². The van der Waals surface area contributed by atoms with Gasteiger partial charge in [-0.05, 0) is 55.8 Å². The summed E-state index contributed by atoms with van der Waals surface area (Å²) in [7, 11) is 0. The summed E-state index contributed by atoms with van der Waals surface area (Å²) in [5.74, 6) is -1.20. The van der Waals surface area contributed by atoms with E-state index in [0.29, 0.717) is 0 Å². The second-order valence-corrected chi connectivity index (χ2v) is 8.31. The van der Waals surface area contributed by atoms with E-state index in [9.17, 15) is 23.1 Å². The quantitative estimate of drug-likeness (QED) is 0.582. The maximum absolute atomic E-state index is 14.1. The van der Waals surface area contributed by atoms with E-state index in [1.54, 1.807) is 13.8 Å². The van der Waals surface area contributed by atoms with Gasteiger partial charge < -0.3 is 10.8 Å². The lowest BCUT2D eigenvalue weighted by atomic mass is 9.87. The molecule has 0 bridgehead atoms. The van der Waals surface area contributed by atoms with Gasteiger partial charge in [-0.2, -0.15) is 13.2 Å². The van der Waals surface area contributed by atoms with Gasteiger partial charge in [-0.1, -0.05) is 29.3 Å². The van der Waals surface area contributed by atoms with Crippen LogP contribution in [0, 0.1) is 0 Å². The summed E-state index contributed by atoms with van der Waals surface area (Å²) in [5, 5.41) is 9.43. The zero-order chi connectivity index (χ0) is 22.5. The van der Waals surface area contributed by atoms with Gasteiger partial charge in [0.25, 0.3) is 0 Å². The van der Waals surface area contributed by atoms with Crippen LogP contribution in [0.2, 0.25) is 10.0 Å². The van der Waals surface area contributed by atoms with Crippen molar-refractivity contribution in [1.29, 1.82) is 0 Å². The summed E-state index contributed by atoms with van der Waals surface area (Å²) in [4.78, 5) is 16.5. The Balaban J connectivity index is 2.18. The standard InChI is InChI=1S/C20H17Cl2F3N2O3/c1-18(2,26)15-5-10(3-4-14(15)17(28)29)16-9-19(30-27-16,20(23,24)25)11-6-12(21)8-13(22)7-11/h3-9,27H,26H2,1-2H3,(H,28,29). The second kappa shape index (κ2) is 7.46. The fraction of sp³-hybridized carbons (Fsp3) is 0.250. The van der Waals surface area contributed by atoms with Crippen LogP contribution in [0.25, 0.3) is 5.70 Å². The van der Waals surface area contributed by atoms with Gasteiger partial charge in [0.1, 0.15) is 0 Å². The molecule has 0 aliphatic carbocycles. The molecule has 30 heavy (non-hydrogen) atoms. The molecule has 1 unspecified atom stereocenters. The lowest BCUT2D eigenvalue weighted by molar-refractivity contribution is -0.269. The predicted octanol–water partition coefficient (Wildman–Crippen LogP) is 5.22. The number of rotatable bonds is 4. The minimum absolute atomic E-state index is 0.00846. The molecule has 0 saturated carbocycles. The molecule has 10 heteroatoms. The van der Waals surface area contributed by atoms with Gasteiger partial charge in [0, 0.05) is 26.7 Å². The molecule has 0 aromatic heterocycles. The summed E-state index contributed by atoms with van der Waals surface area (Å²) in [6, 6.07) is 7.62. The molecule has 0 amide bonds. The van der Waals surface area contributed by atoms with E-state index >= 15 is 0 Å². The number of halogens is 5. The number of carboxylic acids is 1. The molecular formula is C20H17Cl2F3N2O3. The number of aromatic carboxylic acids is 1. The fourth-order valence-electron chi connectivity index (χ4n) is 3.19. The van der Waals surface area contributed by atoms with E-state index < -0.39 is 23.3 Å². The highest BCUT2D eigenvalue weighted by Crippen LogP contribution is 2.48. The molecule has 1 aliphatic heterocycles. The average Bonchev–Trinajstić information content (AvgIpc) is 3.06. The monoisotopic (exact) mass is 460 g/mol. The Morgan fingerprint density at radius 2 is 1.73 bits per heavy atom. The van der Waals surface area contributed by atoms with Crippen molar-refractivity contribution >= 4 is 34.9 Å². The first kappa shape index (κ1) is 22.4. The maximum Gasteiger partial charge on any atom is 0.428 e. The maximum atomic E-state index is 14.1. The second-order valence-electron chi connectivity index (χ2n) is 7.44. The summed E-state index contributed by atoms with van der Waals surface area (Å²) >= 11 is 11.8. The Morgan fingerprint density at radius 3 is 2.23 bits per heavy atom. The van der Waals surface area contributed by atoms with E-state index in [4.69, 9.17) is 33.8 Å². The summed E-state index contributed by atoms with van der Waals surface area (Å²) in [6.45, 7) is 3.19. The lowest BCUT2D eigenvalue weighted by Crippen LogP contribution is -2.42. The van der Waals surface area contributed by atoms with Crippen molar-refractivity contribution in [3.05, 3.63) is 74.8 Å². The molecule has 1 heterocycles. The molecule has 0 radical (unpaired) electrons. The Kier molecular flexibility index (Phi) is 5.57. The van der Waals surface area contributed by atoms with Gasteiger partial charge >= 0.3 is 12.1 Å². The van der Waals surface area contributed by atoms with E-state index in [2.05, 4.69) is 5.48 Å². The molecule has 160 valence electrons. The third-order valence-electron chi connectivity index (χ3n) is 4.64. The van der Waals surface area contributed by atoms with Crippen LogP contribution < -0.4 is 11.2 Å². The number of carbonyl (C=O) groups is 1. The number of carboxylic acid groups (broad SMARTS) is 1. The van der Waals surface area contributed by atoms with Gasteiger partial charge in [0.15, 0.2) is 0 Å². The number of nitrogens with one attached hydrogen (secondary N) is 1. The smallest absolute Gasteiger partial charge is 0.428 e. The molecule has 1 aliphatic rings. The Labute approximate surface area is 180 Å². The van der Waals surface area contributed by atoms with Crippen molar-refractivity contribution in [3.63, 3.8) is 0 Å². The average molecular weight is 461 g/mol. The molecular weight excluding hydrogens is 444 g/mol. The minimum Gasteiger partial charge on any atom is -0.478 e. The molecule has 2 aromatic rings. The van der Waals surface area contributed by atoms with Crippen LogP contribution in [-0.2, 0) is 16.0 Å². The predicted molar refractivity (Wildman–Crippen MR) is 107 cm³/mol. The van der Waals surface area contributed by atoms with E-state index in [1.807, 2.05) is 0 Å². The largest absolute Gasteiger partial charge is 0.478 e. The fourth-order valence-corrected chi connectivity index (χ4v) is 3.71. The first-order valence-electron chi connectivity index (χ1n) is 8.62. The molecule has 0 spiro atoms. The summed E-state index contributed by atoms with van der Waals surface area (Å²) < 4.78 is 42.3. The molecule has 0 fully saturated rings. The third-order valence-corrected chi connectivity index (χ3v) is 5.07. The van der Waals surface area contributed by atoms with Crippen LogP contribution in [0.4, 0.5) is 13.2 Å². The topological polar surface area (TPSA) is 84.6 Å². The number of nitrogens with two attached hydrogens (primary N) is 1. The van der Waals surface area contributed by atoms with E-state index in [0.717, 1.165) is 18.2 Å². The normalized spacial score (nSPS) is 19.4. The number of benzene rings is 2. The van der Waals surface area contributed by atoms with E-state index in [-0.39, 0.29) is 38.0 Å². The van der Waals surface area contributed by atoms with Crippen LogP contribution in [0.15, 0.2) is 42.5 Å². The van der Waals surface area contributed by atoms with Crippen molar-refractivity contribution in [2.75, 3.05) is 0 Å². The molecule has 5 nitrogen and oxygen atoms in total. The van der Waals surface area contributed by atoms with Gasteiger partial charge in [-0.15, -0.1) is 0 Å². The number of hydroxylamine groups is 1. The first-order valence-corrected chi connectivity index (χ1v) is 9.37. The Bertz CT molecular complexity index is 1030. The summed E-state index contributed by atoms with van der Waals surface area (Å²) in [5.41, 5.74) is 4.63. The Hall–Kier alpha value is -2.26. The van der Waals surface area contributed by atoms with E-state index in [1.165, 1.54) is 24.3 Å². The van der Waals surface area contributed by atoms with Crippen LogP contribution in [0.1, 0.15) is 40.9 Å². The van der Waals surface area contributed by atoms with Crippen molar-refractivity contribution in [3.8, 4) is 0 Å². The van der Waals surface area contributed by atoms with Crippen molar-refractivity contribution in [2.45, 2.75) is 31.2 Å². The Morgan fingerprint density at radius 1 is 1.13 bits per heavy atom. The number of hydrogen-bond donors (Lipinski definition) is 3. The molecule has 1 atom stereocenters. The molecule has 2 aromatic carbocycles. The highest BCUT2D eigenvalue weighted by Gasteiger charge is 2.59. The minimum atomic E-state index is -4.85. The van der Waals surface area contributed by atoms with Crippen LogP contribution in [-0.4, -0.2) is 17.3 Å². The zero-order valence-electron chi connectivity index (χ0n) is 15.8. The van der Waals surface area contributed by atoms with Gasteiger partial charge in [-0.3, -0.25) is 10.3 Å². The van der Waals surface area contributed by atoms with Crippen molar-refractivity contribution in [2.24, 2.45) is 5.73 Å². The SMILES string of the molecule is CC(C)(N)c1cc(C2=CC(c3cc(Cl)cc(Cl)c3)(C(F)(F)F)ON2)ccc1C(=O)O. The molecule has 4 N–H and O–H groups in total. The van der Waals surface area contributed by atoms with Crippen LogP contribution in [0.5, 0.6) is 0 Å². The van der Waals surface area contributed by atoms with Crippen LogP contribution in [0.3, 0.4) is 0 Å². The molecule has 0 saturated heterocycles. The van der Waals surface area contributed by atoms with Crippen molar-refractivity contribution in [1.82, 2.24) is 5.48 Å². The lowest BCUT2D eigenvalue weighted by Gasteiger charge is -2.28.